The second-order valence-electron chi connectivity index (χ2n) is 4.02. The second-order valence-corrected chi connectivity index (χ2v) is 4.43. The van der Waals surface area contributed by atoms with Crippen molar-refractivity contribution in [1.29, 1.82) is 5.26 Å². The van der Waals surface area contributed by atoms with Crippen molar-refractivity contribution >= 4 is 23.4 Å². The first-order valence-corrected chi connectivity index (χ1v) is 5.87. The Morgan fingerprint density at radius 3 is 2.83 bits per heavy atom. The molecule has 1 N–H and O–H groups in total. The molecule has 0 saturated heterocycles. The van der Waals surface area contributed by atoms with Crippen LogP contribution >= 0.6 is 11.6 Å². The maximum absolute atomic E-state index is 11.0. The Kier molecular flexibility index (Phi) is 4.93. The number of anilines is 1. The summed E-state index contributed by atoms with van der Waals surface area (Å²) in [5.74, 6) is -0.574. The number of pyridine rings is 1. The summed E-state index contributed by atoms with van der Waals surface area (Å²) in [6.45, 7) is 4.41. The Morgan fingerprint density at radius 2 is 2.33 bits per heavy atom. The van der Waals surface area contributed by atoms with Gasteiger partial charge in [-0.25, -0.2) is 9.78 Å². The Labute approximate surface area is 111 Å². The van der Waals surface area contributed by atoms with Crippen LogP contribution in [0.3, 0.4) is 0 Å². The summed E-state index contributed by atoms with van der Waals surface area (Å²) in [6.07, 6.45) is 1.67. The van der Waals surface area contributed by atoms with Crippen LogP contribution in [0, 0.1) is 11.3 Å². The summed E-state index contributed by atoms with van der Waals surface area (Å²) in [5.41, 5.74) is 0.0178. The number of hydrogen-bond donors (Lipinski definition) is 1. The van der Waals surface area contributed by atoms with Gasteiger partial charge in [-0.1, -0.05) is 11.6 Å². The topological polar surface area (TPSA) is 77.2 Å². The molecular weight excluding hydrogens is 254 g/mol. The minimum Gasteiger partial charge on any atom is -0.478 e. The Hall–Kier alpha value is -1.80. The van der Waals surface area contributed by atoms with Crippen LogP contribution in [0.4, 0.5) is 5.82 Å². The van der Waals surface area contributed by atoms with Crippen molar-refractivity contribution in [3.05, 3.63) is 22.8 Å². The predicted molar refractivity (Wildman–Crippen MR) is 68.9 cm³/mol. The lowest BCUT2D eigenvalue weighted by molar-refractivity contribution is 0.0697. The molecule has 96 valence electrons. The summed E-state index contributed by atoms with van der Waals surface area (Å²) in [6, 6.07) is 3.61. The number of nitrogens with zero attached hydrogens (tertiary/aromatic N) is 3. The largest absolute Gasteiger partial charge is 0.478 e. The Bertz CT molecular complexity index is 483. The van der Waals surface area contributed by atoms with Crippen LogP contribution in [-0.2, 0) is 0 Å². The predicted octanol–water partition coefficient (Wildman–Crippen LogP) is 2.56. The average Bonchev–Trinajstić information content (AvgIpc) is 2.30. The minimum atomic E-state index is -1.09. The van der Waals surface area contributed by atoms with Crippen LogP contribution < -0.4 is 4.90 Å². The smallest absolute Gasteiger partial charge is 0.337 e. The molecule has 1 rings (SSSR count). The van der Waals surface area contributed by atoms with Gasteiger partial charge in [-0.2, -0.15) is 5.26 Å². The van der Waals surface area contributed by atoms with Crippen LogP contribution in [0.15, 0.2) is 12.3 Å². The molecule has 6 heteroatoms. The second kappa shape index (κ2) is 6.22. The van der Waals surface area contributed by atoms with E-state index in [1.165, 1.54) is 12.3 Å². The molecule has 0 aliphatic rings. The van der Waals surface area contributed by atoms with E-state index in [0.29, 0.717) is 18.8 Å². The van der Waals surface area contributed by atoms with Crippen LogP contribution in [0.2, 0.25) is 5.02 Å². The fourth-order valence-corrected chi connectivity index (χ4v) is 1.74. The summed E-state index contributed by atoms with van der Waals surface area (Å²) in [7, 11) is 0. The number of aromatic nitrogens is 1. The number of aromatic carboxylic acids is 1. The van der Waals surface area contributed by atoms with Crippen molar-refractivity contribution in [3.8, 4) is 6.07 Å². The molecule has 1 aromatic heterocycles. The van der Waals surface area contributed by atoms with Gasteiger partial charge in [0.05, 0.1) is 23.1 Å². The molecule has 0 bridgehead atoms. The Balaban J connectivity index is 3.09. The van der Waals surface area contributed by atoms with E-state index in [4.69, 9.17) is 22.0 Å². The van der Waals surface area contributed by atoms with E-state index >= 15 is 0 Å². The normalized spacial score (nSPS) is 10.2. The first kappa shape index (κ1) is 14.3. The summed E-state index contributed by atoms with van der Waals surface area (Å²) in [4.78, 5) is 17.0. The van der Waals surface area contributed by atoms with Crippen molar-refractivity contribution in [3.63, 3.8) is 0 Å². The van der Waals surface area contributed by atoms with Crippen molar-refractivity contribution in [2.45, 2.75) is 26.3 Å². The third kappa shape index (κ3) is 3.34. The van der Waals surface area contributed by atoms with Gasteiger partial charge < -0.3 is 10.0 Å². The van der Waals surface area contributed by atoms with E-state index in [1.54, 1.807) is 0 Å². The lowest BCUT2D eigenvalue weighted by atomic mass is 10.2. The van der Waals surface area contributed by atoms with Gasteiger partial charge in [-0.15, -0.1) is 0 Å². The van der Waals surface area contributed by atoms with Gasteiger partial charge in [0, 0.05) is 18.8 Å². The third-order valence-corrected chi connectivity index (χ3v) is 2.75. The van der Waals surface area contributed by atoms with E-state index in [1.807, 2.05) is 18.7 Å². The zero-order valence-corrected chi connectivity index (χ0v) is 11.0. The summed E-state index contributed by atoms with van der Waals surface area (Å²) < 4.78 is 0. The van der Waals surface area contributed by atoms with E-state index in [2.05, 4.69) is 11.1 Å². The standard InChI is InChI=1S/C12H14ClN3O2/c1-8(2)16(5-3-4-14)11-6-9(12(17)18)10(13)7-15-11/h6-8H,3,5H2,1-2H3,(H,17,18). The molecule has 0 fully saturated rings. The molecule has 5 nitrogen and oxygen atoms in total. The van der Waals surface area contributed by atoms with E-state index in [9.17, 15) is 4.79 Å². The van der Waals surface area contributed by atoms with Crippen LogP contribution in [-0.4, -0.2) is 28.6 Å². The maximum atomic E-state index is 11.0. The van der Waals surface area contributed by atoms with E-state index < -0.39 is 5.97 Å². The van der Waals surface area contributed by atoms with Gasteiger partial charge >= 0.3 is 5.97 Å². The number of carboxylic acids is 1. The molecule has 0 saturated carbocycles. The number of carbonyl (C=O) groups is 1. The fourth-order valence-electron chi connectivity index (χ4n) is 1.56. The van der Waals surface area contributed by atoms with E-state index in [0.717, 1.165) is 0 Å². The first-order chi connectivity index (χ1) is 8.47. The molecule has 0 aromatic carbocycles. The third-order valence-electron chi connectivity index (χ3n) is 2.45. The summed E-state index contributed by atoms with van der Waals surface area (Å²) in [5, 5.41) is 17.7. The van der Waals surface area contributed by atoms with Crippen LogP contribution in [0.5, 0.6) is 0 Å². The first-order valence-electron chi connectivity index (χ1n) is 5.49. The molecule has 1 heterocycles. The monoisotopic (exact) mass is 267 g/mol. The fraction of sp³-hybridized carbons (Fsp3) is 0.417. The van der Waals surface area contributed by atoms with Gasteiger partial charge in [0.2, 0.25) is 0 Å². The molecule has 0 radical (unpaired) electrons. The lowest BCUT2D eigenvalue weighted by Gasteiger charge is -2.27. The lowest BCUT2D eigenvalue weighted by Crippen LogP contribution is -2.32. The molecule has 0 unspecified atom stereocenters. The molecule has 1 aromatic rings. The quantitative estimate of drug-likeness (QED) is 0.887. The molecule has 0 amide bonds. The highest BCUT2D eigenvalue weighted by Gasteiger charge is 2.16. The number of carboxylic acid groups (broad SMARTS) is 1. The van der Waals surface area contributed by atoms with Crippen molar-refractivity contribution < 1.29 is 9.90 Å². The Morgan fingerprint density at radius 1 is 1.67 bits per heavy atom. The maximum Gasteiger partial charge on any atom is 0.337 e. The average molecular weight is 268 g/mol. The molecule has 0 aliphatic heterocycles. The SMILES string of the molecule is CC(C)N(CCC#N)c1cc(C(=O)O)c(Cl)cn1. The summed E-state index contributed by atoms with van der Waals surface area (Å²) >= 11 is 5.77. The molecular formula is C12H14ClN3O2. The van der Waals surface area contributed by atoms with Gasteiger partial charge in [-0.3, -0.25) is 0 Å². The number of rotatable bonds is 5. The van der Waals surface area contributed by atoms with Gasteiger partial charge in [0.15, 0.2) is 0 Å². The van der Waals surface area contributed by atoms with Crippen LogP contribution in [0.1, 0.15) is 30.6 Å². The zero-order chi connectivity index (χ0) is 13.7. The van der Waals surface area contributed by atoms with Crippen molar-refractivity contribution in [2.24, 2.45) is 0 Å². The molecule has 0 aliphatic carbocycles. The van der Waals surface area contributed by atoms with Gasteiger partial charge in [-0.05, 0) is 19.9 Å². The molecule has 18 heavy (non-hydrogen) atoms. The highest BCUT2D eigenvalue weighted by molar-refractivity contribution is 6.33. The van der Waals surface area contributed by atoms with Crippen LogP contribution in [0.25, 0.3) is 0 Å². The molecule has 0 spiro atoms. The zero-order valence-electron chi connectivity index (χ0n) is 10.2. The number of halogens is 1. The van der Waals surface area contributed by atoms with Crippen molar-refractivity contribution in [1.82, 2.24) is 4.98 Å². The van der Waals surface area contributed by atoms with Crippen molar-refractivity contribution in [2.75, 3.05) is 11.4 Å². The highest BCUT2D eigenvalue weighted by atomic mass is 35.5. The molecule has 0 atom stereocenters. The van der Waals surface area contributed by atoms with Gasteiger partial charge in [0.25, 0.3) is 0 Å². The highest BCUT2D eigenvalue weighted by Crippen LogP contribution is 2.22. The minimum absolute atomic E-state index is 0.0178. The van der Waals surface area contributed by atoms with E-state index in [-0.39, 0.29) is 16.6 Å². The van der Waals surface area contributed by atoms with Gasteiger partial charge in [0.1, 0.15) is 5.82 Å². The number of nitriles is 1. The number of hydrogen-bond acceptors (Lipinski definition) is 4.